The predicted octanol–water partition coefficient (Wildman–Crippen LogP) is -0.502. The quantitative estimate of drug-likeness (QED) is 0.626. The van der Waals surface area contributed by atoms with Crippen molar-refractivity contribution in [3.8, 4) is 0 Å². The average Bonchev–Trinajstić information content (AvgIpc) is 1.00. The maximum absolute atomic E-state index is 7.00. The number of hydrogen-bond acceptors (Lipinski definition) is 1. The van der Waals surface area contributed by atoms with E-state index in [0.717, 1.165) is 7.11 Å². The van der Waals surface area contributed by atoms with Crippen LogP contribution in [0.4, 0.5) is 0 Å². The van der Waals surface area contributed by atoms with E-state index < -0.39 is 0 Å². The van der Waals surface area contributed by atoms with Crippen molar-refractivity contribution in [1.82, 2.24) is 0 Å². The van der Waals surface area contributed by atoms with E-state index in [2.05, 4.69) is 0 Å². The monoisotopic (exact) mass is 261 g/mol. The molecule has 0 saturated carbocycles. The first-order valence-corrected chi connectivity index (χ1v) is 0.447. The minimum Gasteiger partial charge on any atom is -0.693 e. The zero-order valence-corrected chi connectivity index (χ0v) is 5.11. The van der Waals surface area contributed by atoms with E-state index in [-0.39, 0.29) is 32.7 Å². The standard InChI is InChI=1S/CH4O.H2N.H2O.Pt/c1-2;;;/h2H,1H3;2*1H2;/q;-1;;. The molecule has 0 heterocycles. The molecule has 3 nitrogen and oxygen atoms in total. The van der Waals surface area contributed by atoms with Crippen LogP contribution in [0.15, 0.2) is 0 Å². The van der Waals surface area contributed by atoms with Gasteiger partial charge in [0.25, 0.3) is 0 Å². The van der Waals surface area contributed by atoms with Gasteiger partial charge in [-0.2, -0.15) is 0 Å². The Balaban J connectivity index is -0.00000000167. The van der Waals surface area contributed by atoms with Crippen LogP contribution in [0, 0.1) is 0 Å². The van der Waals surface area contributed by atoms with Crippen molar-refractivity contribution < 1.29 is 31.6 Å². The number of aliphatic hydroxyl groups is 1. The fourth-order valence-electron chi connectivity index (χ4n) is 0. The summed E-state index contributed by atoms with van der Waals surface area (Å²) in [5.41, 5.74) is 0. The summed E-state index contributed by atoms with van der Waals surface area (Å²) < 4.78 is 0. The molecule has 40 valence electrons. The van der Waals surface area contributed by atoms with E-state index in [4.69, 9.17) is 5.11 Å². The Bertz CT molecular complexity index is 9.61. The Kier molecular flexibility index (Phi) is 1700. The molecule has 0 saturated heterocycles. The summed E-state index contributed by atoms with van der Waals surface area (Å²) in [7, 11) is 1.00. The van der Waals surface area contributed by atoms with Gasteiger partial charge in [-0.3, -0.25) is 0 Å². The second kappa shape index (κ2) is 180. The molecule has 0 aliphatic carbocycles. The Morgan fingerprint density at radius 2 is 1.20 bits per heavy atom. The molecule has 4 heteroatoms. The Morgan fingerprint density at radius 1 is 1.20 bits per heavy atom. The van der Waals surface area contributed by atoms with Crippen molar-refractivity contribution in [2.24, 2.45) is 0 Å². The fraction of sp³-hybridized carbons (Fsp3) is 1.00. The number of aliphatic hydroxyl groups excluding tert-OH is 1. The molecule has 0 atom stereocenters. The molecular weight excluding hydrogens is 253 g/mol. The van der Waals surface area contributed by atoms with Crippen molar-refractivity contribution in [3.05, 3.63) is 6.15 Å². The molecule has 0 aromatic carbocycles. The topological polar surface area (TPSA) is 85.2 Å². The number of hydrogen-bond donors (Lipinski definition) is 1. The third-order valence-electron chi connectivity index (χ3n) is 0. The van der Waals surface area contributed by atoms with E-state index >= 15 is 0 Å². The molecule has 0 spiro atoms. The first-order valence-electron chi connectivity index (χ1n) is 0.447. The van der Waals surface area contributed by atoms with Crippen molar-refractivity contribution in [3.63, 3.8) is 0 Å². The van der Waals surface area contributed by atoms with E-state index in [1.807, 2.05) is 0 Å². The van der Waals surface area contributed by atoms with E-state index in [1.54, 1.807) is 0 Å². The summed E-state index contributed by atoms with van der Waals surface area (Å²) in [5.74, 6) is 0. The van der Waals surface area contributed by atoms with Gasteiger partial charge in [0.15, 0.2) is 0 Å². The average molecular weight is 261 g/mol. The van der Waals surface area contributed by atoms with Crippen molar-refractivity contribution in [2.45, 2.75) is 0 Å². The summed E-state index contributed by atoms with van der Waals surface area (Å²) in [5, 5.41) is 7.00. The molecular formula is CH8NO2Pt-. The van der Waals surface area contributed by atoms with Gasteiger partial charge in [0.1, 0.15) is 0 Å². The van der Waals surface area contributed by atoms with Crippen LogP contribution in [-0.4, -0.2) is 17.7 Å². The number of rotatable bonds is 0. The largest absolute Gasteiger partial charge is 0.693 e. The first kappa shape index (κ1) is 47.2. The normalized spacial score (nSPS) is 1.20. The third kappa shape index (κ3) is 93.3. The van der Waals surface area contributed by atoms with Crippen molar-refractivity contribution in [2.75, 3.05) is 7.11 Å². The van der Waals surface area contributed by atoms with Crippen LogP contribution in [-0.2, 0) is 21.1 Å². The van der Waals surface area contributed by atoms with Gasteiger partial charge in [0.05, 0.1) is 0 Å². The summed E-state index contributed by atoms with van der Waals surface area (Å²) in [6.45, 7) is 0. The molecule has 5 N–H and O–H groups in total. The molecule has 0 unspecified atom stereocenters. The smallest absolute Gasteiger partial charge is 0.0319 e. The van der Waals surface area contributed by atoms with Crippen molar-refractivity contribution >= 4 is 0 Å². The second-order valence-corrected chi connectivity index (χ2v) is 0. The van der Waals surface area contributed by atoms with Gasteiger partial charge >= 0.3 is 0 Å². The SMILES string of the molecule is CO.O.[NH2-].[Pt]. The van der Waals surface area contributed by atoms with Crippen LogP contribution >= 0.6 is 0 Å². The fourth-order valence-corrected chi connectivity index (χ4v) is 0. The Morgan fingerprint density at radius 3 is 1.20 bits per heavy atom. The molecule has 0 aromatic heterocycles. The zero-order valence-electron chi connectivity index (χ0n) is 2.84. The summed E-state index contributed by atoms with van der Waals surface area (Å²) in [6, 6.07) is 0. The molecule has 0 aliphatic rings. The maximum atomic E-state index is 7.00. The van der Waals surface area contributed by atoms with Crippen LogP contribution in [0.5, 0.6) is 0 Å². The van der Waals surface area contributed by atoms with Gasteiger partial charge < -0.3 is 16.7 Å². The van der Waals surface area contributed by atoms with Crippen LogP contribution in [0.1, 0.15) is 0 Å². The van der Waals surface area contributed by atoms with Crippen LogP contribution in [0.25, 0.3) is 6.15 Å². The van der Waals surface area contributed by atoms with Gasteiger partial charge in [0.2, 0.25) is 0 Å². The predicted molar refractivity (Wildman–Crippen MR) is 17.0 cm³/mol. The van der Waals surface area contributed by atoms with E-state index in [0.29, 0.717) is 0 Å². The van der Waals surface area contributed by atoms with Crippen LogP contribution in [0.3, 0.4) is 0 Å². The van der Waals surface area contributed by atoms with Gasteiger partial charge in [-0.15, -0.1) is 0 Å². The molecule has 0 aromatic rings. The molecule has 5 heavy (non-hydrogen) atoms. The van der Waals surface area contributed by atoms with Crippen LogP contribution < -0.4 is 0 Å². The minimum atomic E-state index is 0. The molecule has 0 aliphatic heterocycles. The molecule has 0 amide bonds. The van der Waals surface area contributed by atoms with Crippen molar-refractivity contribution in [1.29, 1.82) is 0 Å². The van der Waals surface area contributed by atoms with E-state index in [1.165, 1.54) is 0 Å². The zero-order chi connectivity index (χ0) is 2.00. The third-order valence-corrected chi connectivity index (χ3v) is 0. The number of nitrogens with two attached hydrogens (primary N) is 1. The Labute approximate surface area is 45.5 Å². The van der Waals surface area contributed by atoms with Gasteiger partial charge in [0, 0.05) is 28.2 Å². The summed E-state index contributed by atoms with van der Waals surface area (Å²) >= 11 is 0. The summed E-state index contributed by atoms with van der Waals surface area (Å²) in [4.78, 5) is 0. The molecule has 0 bridgehead atoms. The first-order chi connectivity index (χ1) is 1.00. The minimum absolute atomic E-state index is 0. The van der Waals surface area contributed by atoms with Crippen LogP contribution in [0.2, 0.25) is 0 Å². The maximum Gasteiger partial charge on any atom is 0.0319 e. The van der Waals surface area contributed by atoms with Gasteiger partial charge in [-0.05, 0) is 0 Å². The summed E-state index contributed by atoms with van der Waals surface area (Å²) in [6.07, 6.45) is 0. The Hall–Kier alpha value is 0.568. The molecule has 0 rings (SSSR count). The second-order valence-electron chi connectivity index (χ2n) is 0. The molecule has 0 fully saturated rings. The van der Waals surface area contributed by atoms with E-state index in [9.17, 15) is 0 Å². The van der Waals surface area contributed by atoms with Gasteiger partial charge in [-0.1, -0.05) is 0 Å². The van der Waals surface area contributed by atoms with Gasteiger partial charge in [-0.25, -0.2) is 0 Å². The molecule has 0 radical (unpaired) electrons.